The zero-order valence-corrected chi connectivity index (χ0v) is 13.0. The Bertz CT molecular complexity index is 436. The topological polar surface area (TPSA) is 64.3 Å². The molecule has 1 unspecified atom stereocenters. The molecular weight excluding hydrogens is 252 g/mol. The van der Waals surface area contributed by atoms with E-state index in [4.69, 9.17) is 10.5 Å². The molecule has 1 aromatic rings. The maximum Gasteiger partial charge on any atom is 0.161 e. The monoisotopic (exact) mass is 278 g/mol. The predicted molar refractivity (Wildman–Crippen MR) is 80.7 cm³/mol. The van der Waals surface area contributed by atoms with Gasteiger partial charge < -0.3 is 10.5 Å². The van der Waals surface area contributed by atoms with Gasteiger partial charge in [0.1, 0.15) is 11.9 Å². The predicted octanol–water partition coefficient (Wildman–Crippen LogP) is 2.27. The Morgan fingerprint density at radius 1 is 1.40 bits per heavy atom. The van der Waals surface area contributed by atoms with Gasteiger partial charge in [0.2, 0.25) is 0 Å². The van der Waals surface area contributed by atoms with Crippen LogP contribution in [-0.4, -0.2) is 41.1 Å². The minimum atomic E-state index is -0.0579. The van der Waals surface area contributed by atoms with Crippen molar-refractivity contribution in [3.63, 3.8) is 0 Å². The lowest BCUT2D eigenvalue weighted by Gasteiger charge is -2.32. The quantitative estimate of drug-likeness (QED) is 0.915. The Hall–Kier alpha value is -1.20. The molecule has 5 nitrogen and oxygen atoms in total. The van der Waals surface area contributed by atoms with Crippen LogP contribution in [0.25, 0.3) is 0 Å². The molecule has 2 rings (SSSR count). The molecule has 2 heterocycles. The Labute approximate surface area is 121 Å². The third-order valence-corrected chi connectivity index (χ3v) is 3.74. The van der Waals surface area contributed by atoms with Gasteiger partial charge in [-0.1, -0.05) is 20.8 Å². The number of anilines is 1. The fourth-order valence-corrected chi connectivity index (χ4v) is 2.86. The molecule has 0 aromatic carbocycles. The molecule has 20 heavy (non-hydrogen) atoms. The summed E-state index contributed by atoms with van der Waals surface area (Å²) in [7, 11) is 0. The Morgan fingerprint density at radius 3 is 2.75 bits per heavy atom. The van der Waals surface area contributed by atoms with Crippen LogP contribution in [0.1, 0.15) is 56.3 Å². The zero-order chi connectivity index (χ0) is 14.7. The van der Waals surface area contributed by atoms with Gasteiger partial charge in [0.25, 0.3) is 0 Å². The van der Waals surface area contributed by atoms with Crippen LogP contribution in [0.3, 0.4) is 0 Å². The number of nitrogens with zero attached hydrogens (tertiary/aromatic N) is 3. The summed E-state index contributed by atoms with van der Waals surface area (Å²) in [6.07, 6.45) is 1.10. The van der Waals surface area contributed by atoms with E-state index in [9.17, 15) is 0 Å². The second-order valence-corrected chi connectivity index (χ2v) is 5.78. The normalized spacial score (nSPS) is 20.6. The Balaban J connectivity index is 2.20. The number of ether oxygens (including phenoxy) is 1. The average Bonchev–Trinajstić information content (AvgIpc) is 2.38. The lowest BCUT2D eigenvalue weighted by molar-refractivity contribution is -0.0342. The van der Waals surface area contributed by atoms with Crippen molar-refractivity contribution >= 4 is 5.82 Å². The van der Waals surface area contributed by atoms with Crippen LogP contribution in [0.5, 0.6) is 0 Å². The molecule has 0 spiro atoms. The summed E-state index contributed by atoms with van der Waals surface area (Å²) >= 11 is 0. The summed E-state index contributed by atoms with van der Waals surface area (Å²) < 4.78 is 5.83. The minimum absolute atomic E-state index is 0.0579. The lowest BCUT2D eigenvalue weighted by Crippen LogP contribution is -2.39. The zero-order valence-electron chi connectivity index (χ0n) is 13.0. The van der Waals surface area contributed by atoms with Gasteiger partial charge in [0.05, 0.1) is 6.61 Å². The van der Waals surface area contributed by atoms with Crippen LogP contribution < -0.4 is 5.73 Å². The number of rotatable bonds is 4. The molecule has 5 heteroatoms. The number of aryl methyl sites for hydroxylation is 1. The van der Waals surface area contributed by atoms with Crippen LogP contribution in [0.2, 0.25) is 0 Å². The highest BCUT2D eigenvalue weighted by Crippen LogP contribution is 2.26. The minimum Gasteiger partial charge on any atom is -0.383 e. The van der Waals surface area contributed by atoms with E-state index in [1.807, 2.05) is 6.92 Å². The van der Waals surface area contributed by atoms with Crippen molar-refractivity contribution in [1.82, 2.24) is 14.9 Å². The second kappa shape index (κ2) is 6.50. The summed E-state index contributed by atoms with van der Waals surface area (Å²) in [6.45, 7) is 12.1. The standard InChI is InChI=1S/C15H26N4O/c1-5-6-19-7-8-20-12(9-19)15-17-11(4)13(10(2)3)14(16)18-15/h10,12H,5-9H2,1-4H3,(H2,16,17,18). The number of aromatic nitrogens is 2. The Kier molecular flexibility index (Phi) is 4.94. The van der Waals surface area contributed by atoms with Crippen molar-refractivity contribution in [1.29, 1.82) is 0 Å². The summed E-state index contributed by atoms with van der Waals surface area (Å²) in [4.78, 5) is 11.5. The smallest absolute Gasteiger partial charge is 0.161 e. The van der Waals surface area contributed by atoms with Crippen molar-refractivity contribution in [2.24, 2.45) is 0 Å². The van der Waals surface area contributed by atoms with E-state index in [0.717, 1.165) is 49.7 Å². The van der Waals surface area contributed by atoms with Crippen LogP contribution in [0.15, 0.2) is 0 Å². The van der Waals surface area contributed by atoms with Gasteiger partial charge >= 0.3 is 0 Å². The van der Waals surface area contributed by atoms with Gasteiger partial charge in [-0.25, -0.2) is 9.97 Å². The van der Waals surface area contributed by atoms with Crippen molar-refractivity contribution in [2.75, 3.05) is 32.0 Å². The lowest BCUT2D eigenvalue weighted by atomic mass is 10.0. The molecule has 1 aliphatic rings. The van der Waals surface area contributed by atoms with E-state index in [1.54, 1.807) is 0 Å². The molecule has 1 aromatic heterocycles. The summed E-state index contributed by atoms with van der Waals surface area (Å²) in [5.74, 6) is 1.66. The first-order valence-corrected chi connectivity index (χ1v) is 7.50. The van der Waals surface area contributed by atoms with Gasteiger partial charge in [-0.2, -0.15) is 0 Å². The molecule has 0 amide bonds. The number of hydrogen-bond donors (Lipinski definition) is 1. The van der Waals surface area contributed by atoms with E-state index in [2.05, 4.69) is 35.6 Å². The third kappa shape index (κ3) is 3.27. The fourth-order valence-electron chi connectivity index (χ4n) is 2.86. The molecule has 1 fully saturated rings. The van der Waals surface area contributed by atoms with E-state index in [0.29, 0.717) is 11.7 Å². The second-order valence-electron chi connectivity index (χ2n) is 5.78. The first-order valence-electron chi connectivity index (χ1n) is 7.50. The van der Waals surface area contributed by atoms with E-state index in [1.165, 1.54) is 0 Å². The summed E-state index contributed by atoms with van der Waals surface area (Å²) in [5.41, 5.74) is 8.12. The molecule has 1 saturated heterocycles. The van der Waals surface area contributed by atoms with E-state index < -0.39 is 0 Å². The summed E-state index contributed by atoms with van der Waals surface area (Å²) in [6, 6.07) is 0. The van der Waals surface area contributed by atoms with Crippen molar-refractivity contribution in [3.8, 4) is 0 Å². The van der Waals surface area contributed by atoms with Crippen molar-refractivity contribution in [2.45, 2.75) is 46.1 Å². The molecule has 2 N–H and O–H groups in total. The number of nitrogen functional groups attached to an aromatic ring is 1. The average molecular weight is 278 g/mol. The van der Waals surface area contributed by atoms with E-state index >= 15 is 0 Å². The van der Waals surface area contributed by atoms with Gasteiger partial charge in [-0.05, 0) is 25.8 Å². The summed E-state index contributed by atoms with van der Waals surface area (Å²) in [5, 5.41) is 0. The molecule has 112 valence electrons. The van der Waals surface area contributed by atoms with Gasteiger partial charge in [0, 0.05) is 24.3 Å². The largest absolute Gasteiger partial charge is 0.383 e. The fraction of sp³-hybridized carbons (Fsp3) is 0.733. The number of nitrogens with two attached hydrogens (primary N) is 1. The first kappa shape index (κ1) is 15.2. The van der Waals surface area contributed by atoms with Gasteiger partial charge in [0.15, 0.2) is 5.82 Å². The first-order chi connectivity index (χ1) is 9.52. The number of morpholine rings is 1. The van der Waals surface area contributed by atoms with Gasteiger partial charge in [-0.3, -0.25) is 4.90 Å². The SMILES string of the molecule is CCCN1CCOC(c2nc(C)c(C(C)C)c(N)n2)C1. The molecule has 1 atom stereocenters. The van der Waals surface area contributed by atoms with Crippen LogP contribution >= 0.6 is 0 Å². The van der Waals surface area contributed by atoms with Crippen molar-refractivity contribution in [3.05, 3.63) is 17.1 Å². The highest BCUT2D eigenvalue weighted by molar-refractivity contribution is 5.44. The maximum atomic E-state index is 6.10. The highest BCUT2D eigenvalue weighted by atomic mass is 16.5. The van der Waals surface area contributed by atoms with Crippen LogP contribution in [0.4, 0.5) is 5.82 Å². The molecule has 1 aliphatic heterocycles. The molecule has 0 aliphatic carbocycles. The third-order valence-electron chi connectivity index (χ3n) is 3.74. The maximum absolute atomic E-state index is 6.10. The van der Waals surface area contributed by atoms with Crippen LogP contribution in [-0.2, 0) is 4.74 Å². The molecule has 0 bridgehead atoms. The van der Waals surface area contributed by atoms with E-state index in [-0.39, 0.29) is 6.10 Å². The van der Waals surface area contributed by atoms with Gasteiger partial charge in [-0.15, -0.1) is 0 Å². The Morgan fingerprint density at radius 2 is 2.15 bits per heavy atom. The van der Waals surface area contributed by atoms with Crippen molar-refractivity contribution < 1.29 is 4.74 Å². The molecule has 0 radical (unpaired) electrons. The highest BCUT2D eigenvalue weighted by Gasteiger charge is 2.25. The van der Waals surface area contributed by atoms with Crippen LogP contribution in [0, 0.1) is 6.92 Å². The molecular formula is C15H26N4O. The number of hydrogen-bond acceptors (Lipinski definition) is 5. The molecule has 0 saturated carbocycles.